The molecule has 0 bridgehead atoms. The van der Waals surface area contributed by atoms with Crippen LogP contribution in [0.3, 0.4) is 0 Å². The Morgan fingerprint density at radius 3 is 2.35 bits per heavy atom. The number of benzene rings is 3. The quantitative estimate of drug-likeness (QED) is 0.412. The summed E-state index contributed by atoms with van der Waals surface area (Å²) in [6, 6.07) is 18.1. The van der Waals surface area contributed by atoms with E-state index in [2.05, 4.69) is 10.2 Å². The minimum absolute atomic E-state index is 0.0168. The van der Waals surface area contributed by atoms with Crippen molar-refractivity contribution in [3.05, 3.63) is 101 Å². The average molecular weight is 559 g/mol. The fourth-order valence-corrected chi connectivity index (χ4v) is 5.50. The molecule has 2 heterocycles. The van der Waals surface area contributed by atoms with Crippen LogP contribution in [-0.4, -0.2) is 60.5 Å². The van der Waals surface area contributed by atoms with Crippen molar-refractivity contribution in [1.29, 1.82) is 0 Å². The first-order chi connectivity index (χ1) is 19.2. The average Bonchev–Trinajstić information content (AvgIpc) is 3.35. The normalized spacial score (nSPS) is 20.2. The predicted molar refractivity (Wildman–Crippen MR) is 142 cm³/mol. The minimum Gasteiger partial charge on any atom is -0.368 e. The molecule has 2 aliphatic heterocycles. The van der Waals surface area contributed by atoms with Gasteiger partial charge in [-0.15, -0.1) is 0 Å². The van der Waals surface area contributed by atoms with Crippen LogP contribution in [0.2, 0.25) is 0 Å². The Bertz CT molecular complexity index is 1310. The number of carbonyl (C=O) groups excluding carboxylic acids is 1. The van der Waals surface area contributed by atoms with Crippen LogP contribution in [-0.2, 0) is 24.1 Å². The largest absolute Gasteiger partial charge is 0.416 e. The number of rotatable bonds is 7. The van der Waals surface area contributed by atoms with E-state index in [1.807, 2.05) is 35.2 Å². The highest BCUT2D eigenvalue weighted by Gasteiger charge is 2.39. The van der Waals surface area contributed by atoms with Gasteiger partial charge in [-0.25, -0.2) is 8.78 Å². The maximum atomic E-state index is 14.2. The van der Waals surface area contributed by atoms with Gasteiger partial charge in [0, 0.05) is 69.2 Å². The number of alkyl halides is 3. The summed E-state index contributed by atoms with van der Waals surface area (Å²) < 4.78 is 67.0. The lowest BCUT2D eigenvalue weighted by molar-refractivity contribution is -0.137. The number of likely N-dealkylation sites (tertiary alicyclic amines) is 1. The fourth-order valence-electron chi connectivity index (χ4n) is 5.50. The molecule has 0 spiro atoms. The zero-order valence-corrected chi connectivity index (χ0v) is 21.9. The molecule has 5 nitrogen and oxygen atoms in total. The van der Waals surface area contributed by atoms with Crippen molar-refractivity contribution in [1.82, 2.24) is 15.1 Å². The zero-order chi connectivity index (χ0) is 28.3. The second kappa shape index (κ2) is 11.9. The number of anilines is 1. The van der Waals surface area contributed by atoms with Gasteiger partial charge in [0.25, 0.3) is 0 Å². The van der Waals surface area contributed by atoms with Crippen molar-refractivity contribution >= 4 is 11.6 Å². The molecule has 212 valence electrons. The third kappa shape index (κ3) is 6.62. The minimum atomic E-state index is -4.41. The number of nitrogens with zero attached hydrogens (tertiary/aromatic N) is 3. The predicted octanol–water partition coefficient (Wildman–Crippen LogP) is 5.07. The van der Waals surface area contributed by atoms with E-state index in [1.165, 1.54) is 18.2 Å². The monoisotopic (exact) mass is 558 g/mol. The molecule has 0 aromatic heterocycles. The summed E-state index contributed by atoms with van der Waals surface area (Å²) >= 11 is 0. The molecule has 2 aliphatic rings. The first-order valence-electron chi connectivity index (χ1n) is 13.3. The van der Waals surface area contributed by atoms with E-state index in [-0.39, 0.29) is 18.5 Å². The van der Waals surface area contributed by atoms with Gasteiger partial charge in [0.1, 0.15) is 11.6 Å². The molecule has 2 atom stereocenters. The molecule has 2 fully saturated rings. The molecule has 40 heavy (non-hydrogen) atoms. The molecule has 5 rings (SSSR count). The van der Waals surface area contributed by atoms with Crippen LogP contribution in [0.1, 0.15) is 23.1 Å². The molecule has 0 radical (unpaired) electrons. The van der Waals surface area contributed by atoms with Crippen LogP contribution in [0, 0.1) is 11.6 Å². The Kier molecular flexibility index (Phi) is 8.37. The highest BCUT2D eigenvalue weighted by Crippen LogP contribution is 2.32. The van der Waals surface area contributed by atoms with E-state index in [9.17, 15) is 26.7 Å². The molecule has 0 saturated carbocycles. The molecule has 0 unspecified atom stereocenters. The molecule has 1 amide bonds. The lowest BCUT2D eigenvalue weighted by Gasteiger charge is -2.38. The maximum Gasteiger partial charge on any atom is 0.416 e. The van der Waals surface area contributed by atoms with Crippen LogP contribution in [0.15, 0.2) is 72.8 Å². The summed E-state index contributed by atoms with van der Waals surface area (Å²) in [6.45, 7) is 3.05. The van der Waals surface area contributed by atoms with Gasteiger partial charge in [-0.3, -0.25) is 9.69 Å². The standard InChI is InChI=1S/C30H31F5N4O/c31-24-10-9-22(27(32)16-24)18-36-25-17-28(39(20-25)19-21-5-2-1-3-6-21)29(40)38-13-11-37(12-14-38)26-8-4-7-23(15-26)30(33,34)35/h1-10,15-16,25,28,36H,11-14,17-20H2/t25-,28+/m1/s1. The van der Waals surface area contributed by atoms with Crippen molar-refractivity contribution in [2.75, 3.05) is 37.6 Å². The van der Waals surface area contributed by atoms with Gasteiger partial charge in [0.05, 0.1) is 11.6 Å². The number of halogens is 5. The van der Waals surface area contributed by atoms with Gasteiger partial charge >= 0.3 is 6.18 Å². The molecular weight excluding hydrogens is 527 g/mol. The van der Waals surface area contributed by atoms with E-state index < -0.39 is 29.4 Å². The first kappa shape index (κ1) is 28.0. The van der Waals surface area contributed by atoms with Gasteiger partial charge in [-0.05, 0) is 36.2 Å². The number of nitrogens with one attached hydrogen (secondary N) is 1. The van der Waals surface area contributed by atoms with Crippen LogP contribution in [0.25, 0.3) is 0 Å². The van der Waals surface area contributed by atoms with Crippen LogP contribution in [0.4, 0.5) is 27.6 Å². The second-order valence-electron chi connectivity index (χ2n) is 10.3. The topological polar surface area (TPSA) is 38.8 Å². The number of carbonyl (C=O) groups is 1. The number of hydrogen-bond acceptors (Lipinski definition) is 4. The van der Waals surface area contributed by atoms with Crippen LogP contribution >= 0.6 is 0 Å². The van der Waals surface area contributed by atoms with Crippen molar-refractivity contribution in [2.45, 2.75) is 37.8 Å². The van der Waals surface area contributed by atoms with E-state index in [1.54, 1.807) is 11.0 Å². The fraction of sp³-hybridized carbons (Fsp3) is 0.367. The third-order valence-electron chi connectivity index (χ3n) is 7.64. The van der Waals surface area contributed by atoms with Crippen molar-refractivity contribution in [3.63, 3.8) is 0 Å². The van der Waals surface area contributed by atoms with Crippen LogP contribution in [0.5, 0.6) is 0 Å². The lowest BCUT2D eigenvalue weighted by atomic mass is 10.1. The summed E-state index contributed by atoms with van der Waals surface area (Å²) in [5.41, 5.74) is 1.23. The van der Waals surface area contributed by atoms with Crippen molar-refractivity contribution in [3.8, 4) is 0 Å². The molecule has 2 saturated heterocycles. The summed E-state index contributed by atoms with van der Waals surface area (Å²) in [5.74, 6) is -1.26. The molecular formula is C30H31F5N4O. The Balaban J connectivity index is 1.24. The molecule has 1 N–H and O–H groups in total. The number of piperazine rings is 1. The highest BCUT2D eigenvalue weighted by atomic mass is 19.4. The molecule has 10 heteroatoms. The van der Waals surface area contributed by atoms with Gasteiger partial charge in [-0.1, -0.05) is 42.5 Å². The van der Waals surface area contributed by atoms with E-state index in [0.29, 0.717) is 56.9 Å². The van der Waals surface area contributed by atoms with Gasteiger partial charge in [-0.2, -0.15) is 13.2 Å². The SMILES string of the molecule is O=C([C@@H]1C[C@@H](NCc2ccc(F)cc2F)CN1Cc1ccccc1)N1CCN(c2cccc(C(F)(F)F)c2)CC1. The van der Waals surface area contributed by atoms with E-state index in [4.69, 9.17) is 0 Å². The summed E-state index contributed by atoms with van der Waals surface area (Å²) in [5, 5.41) is 3.33. The van der Waals surface area contributed by atoms with Gasteiger partial charge < -0.3 is 15.1 Å². The maximum absolute atomic E-state index is 14.2. The molecule has 3 aromatic rings. The van der Waals surface area contributed by atoms with Crippen molar-refractivity contribution in [2.24, 2.45) is 0 Å². The van der Waals surface area contributed by atoms with Gasteiger partial charge in [0.2, 0.25) is 5.91 Å². The Hall–Kier alpha value is -3.50. The lowest BCUT2D eigenvalue weighted by Crippen LogP contribution is -2.53. The van der Waals surface area contributed by atoms with E-state index in [0.717, 1.165) is 23.8 Å². The summed E-state index contributed by atoms with van der Waals surface area (Å²) in [7, 11) is 0. The number of amides is 1. The summed E-state index contributed by atoms with van der Waals surface area (Å²) in [4.78, 5) is 19.5. The number of hydrogen-bond donors (Lipinski definition) is 1. The highest BCUT2D eigenvalue weighted by molar-refractivity contribution is 5.82. The van der Waals surface area contributed by atoms with Crippen molar-refractivity contribution < 1.29 is 26.7 Å². The summed E-state index contributed by atoms with van der Waals surface area (Å²) in [6.07, 6.45) is -3.88. The Labute approximate surface area is 230 Å². The third-order valence-corrected chi connectivity index (χ3v) is 7.64. The first-order valence-corrected chi connectivity index (χ1v) is 13.3. The van der Waals surface area contributed by atoms with E-state index >= 15 is 0 Å². The molecule has 0 aliphatic carbocycles. The van der Waals surface area contributed by atoms with Gasteiger partial charge in [0.15, 0.2) is 0 Å². The molecule has 3 aromatic carbocycles. The Morgan fingerprint density at radius 1 is 0.900 bits per heavy atom. The smallest absolute Gasteiger partial charge is 0.368 e. The second-order valence-corrected chi connectivity index (χ2v) is 10.3. The van der Waals surface area contributed by atoms with Crippen LogP contribution < -0.4 is 10.2 Å². The Morgan fingerprint density at radius 2 is 1.65 bits per heavy atom. The zero-order valence-electron chi connectivity index (χ0n) is 21.9.